The lowest BCUT2D eigenvalue weighted by Gasteiger charge is -2.29. The monoisotopic (exact) mass is 320 g/mol. The van der Waals surface area contributed by atoms with Crippen LogP contribution in [0.1, 0.15) is 12.5 Å². The Morgan fingerprint density at radius 2 is 2.05 bits per heavy atom. The summed E-state index contributed by atoms with van der Waals surface area (Å²) in [5.41, 5.74) is 0.161. The first-order valence-corrected chi connectivity index (χ1v) is 7.09. The van der Waals surface area contributed by atoms with Crippen molar-refractivity contribution < 1.29 is 9.90 Å². The molecule has 3 N–H and O–H groups in total. The number of aliphatic hydroxyl groups excluding tert-OH is 1. The van der Waals surface area contributed by atoms with Gasteiger partial charge in [-0.3, -0.25) is 5.32 Å². The molecule has 0 fully saturated rings. The molecule has 0 radical (unpaired) electrons. The minimum absolute atomic E-state index is 0.202. The van der Waals surface area contributed by atoms with Crippen LogP contribution in [-0.2, 0) is 6.42 Å². The zero-order chi connectivity index (χ0) is 16.0. The number of aliphatic hydroxyl groups is 1. The van der Waals surface area contributed by atoms with Gasteiger partial charge in [-0.15, -0.1) is 0 Å². The summed E-state index contributed by atoms with van der Waals surface area (Å²) in [4.78, 5) is 19.7. The van der Waals surface area contributed by atoms with Crippen LogP contribution in [0.4, 0.5) is 10.6 Å². The van der Waals surface area contributed by atoms with Crippen LogP contribution in [0.25, 0.3) is 0 Å². The number of aromatic nitrogens is 2. The van der Waals surface area contributed by atoms with Gasteiger partial charge in [-0.1, -0.05) is 23.7 Å². The third-order valence-electron chi connectivity index (χ3n) is 3.10. The van der Waals surface area contributed by atoms with E-state index in [0.29, 0.717) is 17.3 Å². The molecule has 7 heteroatoms. The molecule has 0 spiro atoms. The summed E-state index contributed by atoms with van der Waals surface area (Å²) < 4.78 is 0. The fourth-order valence-corrected chi connectivity index (χ4v) is 2.10. The summed E-state index contributed by atoms with van der Waals surface area (Å²) in [6.07, 6.45) is 3.34. The summed E-state index contributed by atoms with van der Waals surface area (Å²) in [6.45, 7) is 1.56. The maximum Gasteiger partial charge on any atom is 0.320 e. The SMILES string of the molecule is CC(CO)(Cc1ccc(Cl)cc1)NC(=O)Nc1ccncn1. The van der Waals surface area contributed by atoms with Crippen molar-refractivity contribution in [1.29, 1.82) is 0 Å². The van der Waals surface area contributed by atoms with E-state index in [1.54, 1.807) is 25.1 Å². The Bertz CT molecular complexity index is 621. The molecule has 1 heterocycles. The van der Waals surface area contributed by atoms with Crippen molar-refractivity contribution in [2.24, 2.45) is 0 Å². The normalized spacial score (nSPS) is 13.2. The van der Waals surface area contributed by atoms with E-state index >= 15 is 0 Å². The number of carbonyl (C=O) groups excluding carboxylic acids is 1. The van der Waals surface area contributed by atoms with Crippen LogP contribution in [0.3, 0.4) is 0 Å². The van der Waals surface area contributed by atoms with E-state index in [9.17, 15) is 9.90 Å². The molecule has 1 unspecified atom stereocenters. The third-order valence-corrected chi connectivity index (χ3v) is 3.35. The quantitative estimate of drug-likeness (QED) is 0.788. The van der Waals surface area contributed by atoms with Gasteiger partial charge in [0.05, 0.1) is 12.1 Å². The van der Waals surface area contributed by atoms with Gasteiger partial charge in [0.2, 0.25) is 0 Å². The maximum absolute atomic E-state index is 12.0. The van der Waals surface area contributed by atoms with Gasteiger partial charge < -0.3 is 10.4 Å². The number of benzene rings is 1. The molecule has 1 aromatic carbocycles. The number of nitrogens with zero attached hydrogens (tertiary/aromatic N) is 2. The standard InChI is InChI=1S/C15H17ClN4O2/c1-15(9-21,8-11-2-4-12(16)5-3-11)20-14(22)19-13-6-7-17-10-18-13/h2-7,10,21H,8-9H2,1H3,(H2,17,18,19,20,22). The highest BCUT2D eigenvalue weighted by Gasteiger charge is 2.26. The predicted octanol–water partition coefficient (Wildman–Crippen LogP) is 2.25. The lowest BCUT2D eigenvalue weighted by atomic mass is 9.94. The maximum atomic E-state index is 12.0. The first-order chi connectivity index (χ1) is 10.5. The van der Waals surface area contributed by atoms with Gasteiger partial charge >= 0.3 is 6.03 Å². The highest BCUT2D eigenvalue weighted by atomic mass is 35.5. The Morgan fingerprint density at radius 3 is 2.64 bits per heavy atom. The zero-order valence-corrected chi connectivity index (χ0v) is 12.8. The molecule has 2 rings (SSSR count). The average molecular weight is 321 g/mol. The zero-order valence-electron chi connectivity index (χ0n) is 12.1. The van der Waals surface area contributed by atoms with Crippen molar-refractivity contribution in [2.45, 2.75) is 18.9 Å². The average Bonchev–Trinajstić information content (AvgIpc) is 2.50. The van der Waals surface area contributed by atoms with Crippen LogP contribution in [0.2, 0.25) is 5.02 Å². The number of hydrogen-bond acceptors (Lipinski definition) is 4. The molecule has 0 saturated carbocycles. The first kappa shape index (κ1) is 16.2. The molecule has 0 aliphatic rings. The number of urea groups is 1. The van der Waals surface area contributed by atoms with Gasteiger partial charge in [-0.05, 0) is 37.1 Å². The Morgan fingerprint density at radius 1 is 1.32 bits per heavy atom. The fourth-order valence-electron chi connectivity index (χ4n) is 1.98. The van der Waals surface area contributed by atoms with Gasteiger partial charge in [-0.25, -0.2) is 14.8 Å². The Kier molecular flexibility index (Phi) is 5.30. The number of carbonyl (C=O) groups is 1. The largest absolute Gasteiger partial charge is 0.394 e. The van der Waals surface area contributed by atoms with E-state index in [0.717, 1.165) is 5.56 Å². The second kappa shape index (κ2) is 7.20. The first-order valence-electron chi connectivity index (χ1n) is 6.71. The molecule has 22 heavy (non-hydrogen) atoms. The van der Waals surface area contributed by atoms with E-state index in [2.05, 4.69) is 20.6 Å². The van der Waals surface area contributed by atoms with E-state index in [1.165, 1.54) is 12.5 Å². The van der Waals surface area contributed by atoms with E-state index in [-0.39, 0.29) is 6.61 Å². The summed E-state index contributed by atoms with van der Waals surface area (Å²) in [5, 5.41) is 15.6. The molecule has 1 aromatic heterocycles. The van der Waals surface area contributed by atoms with Crippen LogP contribution < -0.4 is 10.6 Å². The highest BCUT2D eigenvalue weighted by Crippen LogP contribution is 2.16. The van der Waals surface area contributed by atoms with Crippen LogP contribution in [0.15, 0.2) is 42.9 Å². The van der Waals surface area contributed by atoms with Gasteiger partial charge in [0.15, 0.2) is 0 Å². The van der Waals surface area contributed by atoms with Crippen molar-refractivity contribution in [2.75, 3.05) is 11.9 Å². The third kappa shape index (κ3) is 4.68. The van der Waals surface area contributed by atoms with Crippen molar-refractivity contribution >= 4 is 23.4 Å². The molecule has 0 bridgehead atoms. The summed E-state index contributed by atoms with van der Waals surface area (Å²) in [7, 11) is 0. The second-order valence-electron chi connectivity index (χ2n) is 5.20. The van der Waals surface area contributed by atoms with Gasteiger partial charge in [0.25, 0.3) is 0 Å². The summed E-state index contributed by atoms with van der Waals surface area (Å²) in [5.74, 6) is 0.388. The number of anilines is 1. The number of nitrogens with one attached hydrogen (secondary N) is 2. The van der Waals surface area contributed by atoms with E-state index in [1.807, 2.05) is 12.1 Å². The number of rotatable bonds is 5. The van der Waals surface area contributed by atoms with Crippen LogP contribution in [0.5, 0.6) is 0 Å². The molecule has 116 valence electrons. The van der Waals surface area contributed by atoms with Crippen molar-refractivity contribution in [3.05, 3.63) is 53.4 Å². The fraction of sp³-hybridized carbons (Fsp3) is 0.267. The molecular formula is C15H17ClN4O2. The van der Waals surface area contributed by atoms with Gasteiger partial charge in [0.1, 0.15) is 12.1 Å². The van der Waals surface area contributed by atoms with Gasteiger partial charge in [0, 0.05) is 11.2 Å². The topological polar surface area (TPSA) is 87.1 Å². The highest BCUT2D eigenvalue weighted by molar-refractivity contribution is 6.30. The van der Waals surface area contributed by atoms with E-state index in [4.69, 9.17) is 11.6 Å². The molecule has 1 atom stereocenters. The molecule has 2 amide bonds. The molecule has 0 aliphatic heterocycles. The van der Waals surface area contributed by atoms with E-state index < -0.39 is 11.6 Å². The number of amides is 2. The molecule has 0 aliphatic carbocycles. The molecule has 2 aromatic rings. The Hall–Kier alpha value is -2.18. The lowest BCUT2D eigenvalue weighted by Crippen LogP contribution is -2.52. The van der Waals surface area contributed by atoms with Crippen molar-refractivity contribution in [3.8, 4) is 0 Å². The summed E-state index contributed by atoms with van der Waals surface area (Å²) in [6, 6.07) is 8.41. The molecular weight excluding hydrogens is 304 g/mol. The summed E-state index contributed by atoms with van der Waals surface area (Å²) >= 11 is 5.85. The Balaban J connectivity index is 2.00. The van der Waals surface area contributed by atoms with Crippen molar-refractivity contribution in [1.82, 2.24) is 15.3 Å². The Labute approximate surface area is 133 Å². The second-order valence-corrected chi connectivity index (χ2v) is 5.63. The smallest absolute Gasteiger partial charge is 0.320 e. The van der Waals surface area contributed by atoms with Gasteiger partial charge in [-0.2, -0.15) is 0 Å². The minimum atomic E-state index is -0.801. The van der Waals surface area contributed by atoms with Crippen LogP contribution in [-0.4, -0.2) is 33.3 Å². The van der Waals surface area contributed by atoms with Crippen molar-refractivity contribution in [3.63, 3.8) is 0 Å². The molecule has 6 nitrogen and oxygen atoms in total. The lowest BCUT2D eigenvalue weighted by molar-refractivity contribution is 0.175. The minimum Gasteiger partial charge on any atom is -0.394 e. The van der Waals surface area contributed by atoms with Crippen LogP contribution in [0, 0.1) is 0 Å². The molecule has 0 saturated heterocycles. The number of halogens is 1. The predicted molar refractivity (Wildman–Crippen MR) is 84.8 cm³/mol. The van der Waals surface area contributed by atoms with Crippen LogP contribution >= 0.6 is 11.6 Å². The number of hydrogen-bond donors (Lipinski definition) is 3.